The maximum Gasteiger partial charge on any atom is 0.318 e. The van der Waals surface area contributed by atoms with Gasteiger partial charge in [0.1, 0.15) is 0 Å². The molecule has 11 heteroatoms. The maximum absolute atomic E-state index is 13.0. The van der Waals surface area contributed by atoms with Gasteiger partial charge in [0, 0.05) is 36.8 Å². The molecule has 1 saturated heterocycles. The number of carbonyl (C=O) groups excluding carboxylic acids is 3. The first-order valence-electron chi connectivity index (χ1n) is 10.8. The summed E-state index contributed by atoms with van der Waals surface area (Å²) < 4.78 is 24.4. The van der Waals surface area contributed by atoms with Gasteiger partial charge < -0.3 is 10.2 Å². The predicted octanol–water partition coefficient (Wildman–Crippen LogP) is 2.95. The van der Waals surface area contributed by atoms with E-state index in [2.05, 4.69) is 17.1 Å². The van der Waals surface area contributed by atoms with Gasteiger partial charge in [-0.3, -0.25) is 25.3 Å². The second-order valence-corrected chi connectivity index (χ2v) is 8.19. The second kappa shape index (κ2) is 11.8. The topological polar surface area (TPSA) is 93.8 Å². The first kappa shape index (κ1) is 25.4. The van der Waals surface area contributed by atoms with Crippen LogP contribution in [0.15, 0.2) is 48.5 Å². The van der Waals surface area contributed by atoms with Crippen LogP contribution in [0.2, 0.25) is 5.02 Å². The third-order valence-electron chi connectivity index (χ3n) is 5.58. The molecule has 1 unspecified atom stereocenters. The first-order valence-corrected chi connectivity index (χ1v) is 11.2. The number of carbonyl (C=O) groups is 3. The number of piperazine rings is 1. The lowest BCUT2D eigenvalue weighted by atomic mass is 10.0. The Balaban J connectivity index is 1.58. The van der Waals surface area contributed by atoms with Gasteiger partial charge in [0.25, 0.3) is 5.91 Å². The van der Waals surface area contributed by atoms with E-state index in [0.29, 0.717) is 11.6 Å². The van der Waals surface area contributed by atoms with Gasteiger partial charge in [-0.15, -0.1) is 0 Å². The molecular weight excluding hydrogens is 468 g/mol. The zero-order chi connectivity index (χ0) is 24.7. The van der Waals surface area contributed by atoms with Crippen LogP contribution in [0.25, 0.3) is 0 Å². The van der Waals surface area contributed by atoms with Gasteiger partial charge in [0.15, 0.2) is 0 Å². The molecule has 4 amide bonds. The van der Waals surface area contributed by atoms with Gasteiger partial charge >= 0.3 is 18.4 Å². The standard InChI is InChI=1S/C23H26ClF2N5O3/c1-2-30-11-12-31(19(14-30)16-7-9-18(24)10-8-16)23(34)27-13-15-3-5-17(6-4-15)21(32)28-29-22(33)20(25)26/h3-10,19-20H,2,11-14H2,1H3,(H,27,34)(H,28,32)(H,29,33). The molecule has 2 aromatic carbocycles. The van der Waals surface area contributed by atoms with Gasteiger partial charge in [0.2, 0.25) is 0 Å². The highest BCUT2D eigenvalue weighted by Gasteiger charge is 2.31. The number of hydrogen-bond acceptors (Lipinski definition) is 4. The Morgan fingerprint density at radius 1 is 1.03 bits per heavy atom. The van der Waals surface area contributed by atoms with Gasteiger partial charge in [0.05, 0.1) is 6.04 Å². The van der Waals surface area contributed by atoms with Crippen LogP contribution in [0, 0.1) is 0 Å². The van der Waals surface area contributed by atoms with E-state index >= 15 is 0 Å². The molecule has 1 fully saturated rings. The summed E-state index contributed by atoms with van der Waals surface area (Å²) in [4.78, 5) is 39.9. The molecule has 0 saturated carbocycles. The monoisotopic (exact) mass is 493 g/mol. The van der Waals surface area contributed by atoms with Crippen molar-refractivity contribution in [2.24, 2.45) is 0 Å². The summed E-state index contributed by atoms with van der Waals surface area (Å²) in [6.45, 7) is 5.30. The van der Waals surface area contributed by atoms with E-state index in [0.717, 1.165) is 30.8 Å². The summed E-state index contributed by atoms with van der Waals surface area (Å²) in [5.41, 5.74) is 5.48. The number of urea groups is 1. The number of alkyl halides is 2. The minimum atomic E-state index is -3.23. The van der Waals surface area contributed by atoms with Crippen LogP contribution in [0.5, 0.6) is 0 Å². The van der Waals surface area contributed by atoms with Crippen LogP contribution < -0.4 is 16.2 Å². The SMILES string of the molecule is CCN1CCN(C(=O)NCc2ccc(C(=O)NNC(=O)C(F)F)cc2)C(c2ccc(Cl)cc2)C1. The van der Waals surface area contributed by atoms with Crippen molar-refractivity contribution >= 4 is 29.4 Å². The van der Waals surface area contributed by atoms with E-state index in [4.69, 9.17) is 11.6 Å². The fraction of sp³-hybridized carbons (Fsp3) is 0.348. The average Bonchev–Trinajstić information content (AvgIpc) is 2.85. The second-order valence-electron chi connectivity index (χ2n) is 7.75. The number of nitrogens with one attached hydrogen (secondary N) is 3. The lowest BCUT2D eigenvalue weighted by Crippen LogP contribution is -2.53. The predicted molar refractivity (Wildman–Crippen MR) is 123 cm³/mol. The van der Waals surface area contributed by atoms with Crippen LogP contribution in [0.4, 0.5) is 13.6 Å². The van der Waals surface area contributed by atoms with Crippen molar-refractivity contribution in [2.45, 2.75) is 25.9 Å². The number of rotatable bonds is 6. The van der Waals surface area contributed by atoms with Crippen molar-refractivity contribution in [1.29, 1.82) is 0 Å². The third-order valence-corrected chi connectivity index (χ3v) is 5.84. The number of likely N-dealkylation sites (N-methyl/N-ethyl adjacent to an activating group) is 1. The highest BCUT2D eigenvalue weighted by Crippen LogP contribution is 2.26. The molecule has 3 N–H and O–H groups in total. The van der Waals surface area contributed by atoms with Crippen LogP contribution in [0.3, 0.4) is 0 Å². The molecule has 1 aliphatic rings. The summed E-state index contributed by atoms with van der Waals surface area (Å²) in [6.07, 6.45) is -3.23. The molecule has 34 heavy (non-hydrogen) atoms. The number of hydrazine groups is 1. The number of hydrogen-bond donors (Lipinski definition) is 3. The Morgan fingerprint density at radius 2 is 1.71 bits per heavy atom. The van der Waals surface area contributed by atoms with Crippen molar-refractivity contribution in [1.82, 2.24) is 26.0 Å². The third kappa shape index (κ3) is 6.64. The fourth-order valence-corrected chi connectivity index (χ4v) is 3.76. The van der Waals surface area contributed by atoms with Crippen LogP contribution in [0.1, 0.15) is 34.5 Å². The molecule has 3 rings (SSSR count). The molecule has 0 aromatic heterocycles. The Hall–Kier alpha value is -3.24. The van der Waals surface area contributed by atoms with E-state index in [9.17, 15) is 23.2 Å². The number of halogens is 3. The molecule has 0 spiro atoms. The molecule has 0 aliphatic carbocycles. The highest BCUT2D eigenvalue weighted by atomic mass is 35.5. The lowest BCUT2D eigenvalue weighted by molar-refractivity contribution is -0.132. The molecule has 182 valence electrons. The van der Waals surface area contributed by atoms with Crippen LogP contribution in [-0.2, 0) is 11.3 Å². The lowest BCUT2D eigenvalue weighted by Gasteiger charge is -2.41. The number of benzene rings is 2. The minimum absolute atomic E-state index is 0.111. The van der Waals surface area contributed by atoms with Gasteiger partial charge in [-0.25, -0.2) is 4.79 Å². The zero-order valence-corrected chi connectivity index (χ0v) is 19.3. The normalized spacial score (nSPS) is 16.3. The van der Waals surface area contributed by atoms with Crippen LogP contribution >= 0.6 is 11.6 Å². The van der Waals surface area contributed by atoms with Crippen molar-refractivity contribution < 1.29 is 23.2 Å². The zero-order valence-electron chi connectivity index (χ0n) is 18.6. The maximum atomic E-state index is 13.0. The van der Waals surface area contributed by atoms with E-state index in [1.54, 1.807) is 17.6 Å². The smallest absolute Gasteiger partial charge is 0.318 e. The summed E-state index contributed by atoms with van der Waals surface area (Å²) >= 11 is 6.02. The van der Waals surface area contributed by atoms with Crippen molar-refractivity contribution in [2.75, 3.05) is 26.2 Å². The molecule has 2 aromatic rings. The van der Waals surface area contributed by atoms with Gasteiger partial charge in [-0.05, 0) is 41.9 Å². The Labute approximate surface area is 201 Å². The molecule has 0 radical (unpaired) electrons. The summed E-state index contributed by atoms with van der Waals surface area (Å²) in [6, 6.07) is 13.4. The highest BCUT2D eigenvalue weighted by molar-refractivity contribution is 6.30. The van der Waals surface area contributed by atoms with Gasteiger partial charge in [-0.1, -0.05) is 42.8 Å². The Morgan fingerprint density at radius 3 is 2.32 bits per heavy atom. The minimum Gasteiger partial charge on any atom is -0.334 e. The molecular formula is C23H26ClF2N5O3. The number of amides is 4. The molecule has 1 heterocycles. The molecule has 1 aliphatic heterocycles. The van der Waals surface area contributed by atoms with E-state index < -0.39 is 18.2 Å². The number of nitrogens with zero attached hydrogens (tertiary/aromatic N) is 2. The Bertz CT molecular complexity index is 1000. The Kier molecular flexibility index (Phi) is 8.78. The first-order chi connectivity index (χ1) is 16.3. The van der Waals surface area contributed by atoms with E-state index in [-0.39, 0.29) is 24.2 Å². The van der Waals surface area contributed by atoms with Crippen LogP contribution in [-0.4, -0.2) is 60.2 Å². The molecule has 8 nitrogen and oxygen atoms in total. The van der Waals surface area contributed by atoms with Crippen molar-refractivity contribution in [3.05, 3.63) is 70.2 Å². The van der Waals surface area contributed by atoms with E-state index in [1.165, 1.54) is 12.1 Å². The summed E-state index contributed by atoms with van der Waals surface area (Å²) in [7, 11) is 0. The fourth-order valence-electron chi connectivity index (χ4n) is 3.64. The summed E-state index contributed by atoms with van der Waals surface area (Å²) in [5.74, 6) is -2.33. The molecule has 1 atom stereocenters. The van der Waals surface area contributed by atoms with Crippen molar-refractivity contribution in [3.63, 3.8) is 0 Å². The molecule has 0 bridgehead atoms. The summed E-state index contributed by atoms with van der Waals surface area (Å²) in [5, 5.41) is 3.55. The van der Waals surface area contributed by atoms with E-state index in [1.807, 2.05) is 34.6 Å². The average molecular weight is 494 g/mol. The largest absolute Gasteiger partial charge is 0.334 e. The van der Waals surface area contributed by atoms with Crippen molar-refractivity contribution in [3.8, 4) is 0 Å². The quantitative estimate of drug-likeness (QED) is 0.539. The van der Waals surface area contributed by atoms with Gasteiger partial charge in [-0.2, -0.15) is 8.78 Å².